The van der Waals surface area contributed by atoms with Crippen LogP contribution in [0.15, 0.2) is 84.0 Å². The summed E-state index contributed by atoms with van der Waals surface area (Å²) < 4.78 is 0. The second-order valence-corrected chi connectivity index (χ2v) is 7.20. The highest BCUT2D eigenvalue weighted by Crippen LogP contribution is 2.33. The molecule has 134 valence electrons. The number of hydrogen-bond donors (Lipinski definition) is 1. The molecule has 4 aromatic carbocycles. The molecule has 1 aromatic heterocycles. The molecule has 0 aliphatic heterocycles. The van der Waals surface area contributed by atoms with Crippen LogP contribution < -0.4 is 5.32 Å². The van der Waals surface area contributed by atoms with E-state index in [-0.39, 0.29) is 5.24 Å². The van der Waals surface area contributed by atoms with Gasteiger partial charge in [-0.2, -0.15) is 0 Å². The van der Waals surface area contributed by atoms with Gasteiger partial charge in [-0.05, 0) is 22.9 Å². The monoisotopic (exact) mass is 382 g/mol. The first-order valence-electron chi connectivity index (χ1n) is 8.77. The van der Waals surface area contributed by atoms with Crippen molar-refractivity contribution in [3.63, 3.8) is 0 Å². The molecular formula is C22H14N4OS. The quantitative estimate of drug-likeness (QED) is 0.315. The van der Waals surface area contributed by atoms with E-state index in [2.05, 4.69) is 32.6 Å². The normalized spacial score (nSPS) is 11.1. The number of fused-ring (bicyclic) bond motifs is 6. The van der Waals surface area contributed by atoms with E-state index < -0.39 is 0 Å². The lowest BCUT2D eigenvalue weighted by Crippen LogP contribution is -2.06. The van der Waals surface area contributed by atoms with Crippen LogP contribution in [0.3, 0.4) is 0 Å². The molecule has 1 amide bonds. The predicted octanol–water partition coefficient (Wildman–Crippen LogP) is 5.66. The van der Waals surface area contributed by atoms with E-state index in [1.54, 1.807) is 0 Å². The topological polar surface area (TPSA) is 67.8 Å². The largest absolute Gasteiger partial charge is 0.316 e. The van der Waals surface area contributed by atoms with Crippen LogP contribution in [-0.4, -0.2) is 20.4 Å². The molecule has 0 spiro atoms. The van der Waals surface area contributed by atoms with Crippen LogP contribution in [-0.2, 0) is 0 Å². The lowest BCUT2D eigenvalue weighted by Gasteiger charge is -2.09. The van der Waals surface area contributed by atoms with Gasteiger partial charge in [-0.15, -0.1) is 10.2 Å². The smallest absolute Gasteiger partial charge is 0.291 e. The van der Waals surface area contributed by atoms with E-state index in [9.17, 15) is 4.79 Å². The molecule has 0 atom stereocenters. The average Bonchev–Trinajstić information content (AvgIpc) is 2.74. The van der Waals surface area contributed by atoms with Crippen molar-refractivity contribution in [1.29, 1.82) is 0 Å². The Bertz CT molecular complexity index is 1300. The first kappa shape index (κ1) is 16.6. The number of hydrogen-bond acceptors (Lipinski definition) is 5. The zero-order valence-corrected chi connectivity index (χ0v) is 15.5. The SMILES string of the molecule is O=C(Nc1ccccc1)Sc1nnc2c3ccccc3c3ccccc3c2n1. The zero-order chi connectivity index (χ0) is 18.9. The summed E-state index contributed by atoms with van der Waals surface area (Å²) in [5.74, 6) is 0. The molecular weight excluding hydrogens is 368 g/mol. The Hall–Kier alpha value is -3.51. The Morgan fingerprint density at radius 1 is 0.679 bits per heavy atom. The van der Waals surface area contributed by atoms with Gasteiger partial charge in [0.25, 0.3) is 5.24 Å². The number of aromatic nitrogens is 3. The summed E-state index contributed by atoms with van der Waals surface area (Å²) in [5, 5.41) is 15.7. The lowest BCUT2D eigenvalue weighted by molar-refractivity contribution is 0.269. The molecule has 0 saturated carbocycles. The van der Waals surface area contributed by atoms with Crippen molar-refractivity contribution in [2.24, 2.45) is 0 Å². The Balaban J connectivity index is 1.60. The van der Waals surface area contributed by atoms with Crippen molar-refractivity contribution in [2.75, 3.05) is 5.32 Å². The zero-order valence-electron chi connectivity index (χ0n) is 14.7. The van der Waals surface area contributed by atoms with Gasteiger partial charge in [0.15, 0.2) is 0 Å². The van der Waals surface area contributed by atoms with Gasteiger partial charge < -0.3 is 5.32 Å². The fourth-order valence-corrected chi connectivity index (χ4v) is 3.87. The van der Waals surface area contributed by atoms with Gasteiger partial charge in [0.05, 0.1) is 0 Å². The second kappa shape index (κ2) is 6.90. The number of carbonyl (C=O) groups excluding carboxylic acids is 1. The van der Waals surface area contributed by atoms with E-state index in [1.807, 2.05) is 66.7 Å². The Labute approximate surface area is 164 Å². The molecule has 0 radical (unpaired) electrons. The molecule has 0 aliphatic rings. The van der Waals surface area contributed by atoms with Crippen LogP contribution in [0.2, 0.25) is 0 Å². The maximum atomic E-state index is 12.3. The standard InChI is InChI=1S/C22H14N4OS/c27-22(23-14-8-2-1-3-9-14)28-21-24-19-17-12-6-4-10-15(17)16-11-5-7-13-18(16)20(19)25-26-21/h1-13H,(H,23,27). The van der Waals surface area contributed by atoms with Crippen LogP contribution in [0, 0.1) is 0 Å². The number of anilines is 1. The maximum absolute atomic E-state index is 12.3. The number of benzene rings is 4. The second-order valence-electron chi connectivity index (χ2n) is 6.26. The van der Waals surface area contributed by atoms with Crippen molar-refractivity contribution in [1.82, 2.24) is 15.2 Å². The van der Waals surface area contributed by atoms with E-state index in [0.29, 0.717) is 5.16 Å². The maximum Gasteiger partial charge on any atom is 0.291 e. The molecule has 5 aromatic rings. The number of carbonyl (C=O) groups is 1. The Kier molecular flexibility index (Phi) is 4.10. The summed E-state index contributed by atoms with van der Waals surface area (Å²) >= 11 is 0.932. The lowest BCUT2D eigenvalue weighted by atomic mass is 10.00. The molecule has 0 fully saturated rings. The van der Waals surface area contributed by atoms with Crippen LogP contribution in [0.4, 0.5) is 10.5 Å². The molecule has 5 nitrogen and oxygen atoms in total. The first-order valence-corrected chi connectivity index (χ1v) is 9.59. The van der Waals surface area contributed by atoms with Crippen LogP contribution >= 0.6 is 11.8 Å². The third-order valence-corrected chi connectivity index (χ3v) is 5.17. The molecule has 5 rings (SSSR count). The van der Waals surface area contributed by atoms with E-state index >= 15 is 0 Å². The summed E-state index contributed by atoms with van der Waals surface area (Å²) in [5.41, 5.74) is 2.21. The molecule has 1 N–H and O–H groups in total. The van der Waals surface area contributed by atoms with Gasteiger partial charge in [0.1, 0.15) is 11.0 Å². The van der Waals surface area contributed by atoms with E-state index in [0.717, 1.165) is 50.0 Å². The summed E-state index contributed by atoms with van der Waals surface area (Å²) in [6.45, 7) is 0. The molecule has 0 bridgehead atoms. The van der Waals surface area contributed by atoms with Gasteiger partial charge >= 0.3 is 0 Å². The number of nitrogens with one attached hydrogen (secondary N) is 1. The summed E-state index contributed by atoms with van der Waals surface area (Å²) in [6.07, 6.45) is 0. The van der Waals surface area contributed by atoms with Crippen molar-refractivity contribution in [2.45, 2.75) is 5.16 Å². The first-order chi connectivity index (χ1) is 13.8. The average molecular weight is 382 g/mol. The minimum atomic E-state index is -0.252. The number of amides is 1. The third kappa shape index (κ3) is 2.93. The van der Waals surface area contributed by atoms with Gasteiger partial charge in [-0.3, -0.25) is 4.79 Å². The minimum Gasteiger partial charge on any atom is -0.316 e. The highest BCUT2D eigenvalue weighted by Gasteiger charge is 2.14. The molecule has 6 heteroatoms. The van der Waals surface area contributed by atoms with Gasteiger partial charge in [-0.1, -0.05) is 66.7 Å². The van der Waals surface area contributed by atoms with Crippen molar-refractivity contribution in [3.05, 3.63) is 78.9 Å². The van der Waals surface area contributed by atoms with Gasteiger partial charge in [0, 0.05) is 28.2 Å². The molecule has 0 unspecified atom stereocenters. The predicted molar refractivity (Wildman–Crippen MR) is 114 cm³/mol. The highest BCUT2D eigenvalue weighted by atomic mass is 32.2. The van der Waals surface area contributed by atoms with Crippen LogP contribution in [0.1, 0.15) is 0 Å². The number of para-hydroxylation sites is 1. The van der Waals surface area contributed by atoms with Crippen LogP contribution in [0.25, 0.3) is 32.6 Å². The summed E-state index contributed by atoms with van der Waals surface area (Å²) in [4.78, 5) is 17.0. The van der Waals surface area contributed by atoms with E-state index in [1.165, 1.54) is 0 Å². The number of thioether (sulfide) groups is 1. The number of rotatable bonds is 2. The molecule has 1 heterocycles. The fourth-order valence-electron chi connectivity index (χ4n) is 3.32. The van der Waals surface area contributed by atoms with Gasteiger partial charge in [-0.25, -0.2) is 4.98 Å². The third-order valence-electron chi connectivity index (χ3n) is 4.53. The Morgan fingerprint density at radius 2 is 1.25 bits per heavy atom. The highest BCUT2D eigenvalue weighted by molar-refractivity contribution is 8.13. The number of nitrogens with zero attached hydrogens (tertiary/aromatic N) is 3. The molecule has 0 saturated heterocycles. The Morgan fingerprint density at radius 3 is 1.93 bits per heavy atom. The minimum absolute atomic E-state index is 0.252. The van der Waals surface area contributed by atoms with Crippen molar-refractivity contribution in [3.8, 4) is 0 Å². The van der Waals surface area contributed by atoms with Crippen molar-refractivity contribution < 1.29 is 4.79 Å². The summed E-state index contributed by atoms with van der Waals surface area (Å²) in [6, 6.07) is 25.5. The van der Waals surface area contributed by atoms with Gasteiger partial charge in [0.2, 0.25) is 5.16 Å². The van der Waals surface area contributed by atoms with Crippen molar-refractivity contribution >= 4 is 55.3 Å². The fraction of sp³-hybridized carbons (Fsp3) is 0. The van der Waals surface area contributed by atoms with Crippen LogP contribution in [0.5, 0.6) is 0 Å². The molecule has 28 heavy (non-hydrogen) atoms. The molecule has 0 aliphatic carbocycles. The van der Waals surface area contributed by atoms with E-state index in [4.69, 9.17) is 0 Å². The summed E-state index contributed by atoms with van der Waals surface area (Å²) in [7, 11) is 0.